The second-order valence-corrected chi connectivity index (χ2v) is 4.87. The second kappa shape index (κ2) is 5.45. The number of nitrogens with zero attached hydrogens (tertiary/aromatic N) is 2. The third-order valence-electron chi connectivity index (χ3n) is 3.49. The number of nitrogens with two attached hydrogens (primary N) is 1. The molecule has 1 unspecified atom stereocenters. The fourth-order valence-corrected chi connectivity index (χ4v) is 2.61. The zero-order valence-corrected chi connectivity index (χ0v) is 12.0. The molecule has 2 N–H and O–H groups in total. The maximum absolute atomic E-state index is 5.95. The standard InChI is InChI=1S/C15H21N3O/c1-10-7-12(8-11(2)14(10)19-4)13(9-16)15-17-5-6-18(15)3/h5-8,13H,9,16H2,1-4H3. The molecule has 2 aromatic rings. The largest absolute Gasteiger partial charge is 0.496 e. The van der Waals surface area contributed by atoms with E-state index in [2.05, 4.69) is 31.0 Å². The van der Waals surface area contributed by atoms with Crippen LogP contribution in [0.4, 0.5) is 0 Å². The van der Waals surface area contributed by atoms with E-state index in [9.17, 15) is 0 Å². The van der Waals surface area contributed by atoms with Gasteiger partial charge in [0.2, 0.25) is 0 Å². The molecule has 0 bridgehead atoms. The lowest BCUT2D eigenvalue weighted by Crippen LogP contribution is -2.18. The lowest BCUT2D eigenvalue weighted by Gasteiger charge is -2.18. The number of imidazole rings is 1. The van der Waals surface area contributed by atoms with Gasteiger partial charge in [-0.05, 0) is 30.5 Å². The van der Waals surface area contributed by atoms with Crippen molar-refractivity contribution in [3.05, 3.63) is 47.0 Å². The van der Waals surface area contributed by atoms with Gasteiger partial charge in [-0.2, -0.15) is 0 Å². The van der Waals surface area contributed by atoms with Gasteiger partial charge in [-0.25, -0.2) is 4.98 Å². The van der Waals surface area contributed by atoms with Crippen molar-refractivity contribution in [2.45, 2.75) is 19.8 Å². The Morgan fingerprint density at radius 1 is 1.32 bits per heavy atom. The molecule has 0 radical (unpaired) electrons. The monoisotopic (exact) mass is 259 g/mol. The highest BCUT2D eigenvalue weighted by molar-refractivity contribution is 5.45. The van der Waals surface area contributed by atoms with Crippen LogP contribution in [0.1, 0.15) is 28.4 Å². The molecule has 102 valence electrons. The van der Waals surface area contributed by atoms with E-state index in [1.807, 2.05) is 17.8 Å². The van der Waals surface area contributed by atoms with Crippen LogP contribution in [0.3, 0.4) is 0 Å². The molecule has 0 aliphatic heterocycles. The summed E-state index contributed by atoms with van der Waals surface area (Å²) >= 11 is 0. The van der Waals surface area contributed by atoms with Gasteiger partial charge in [-0.3, -0.25) is 0 Å². The van der Waals surface area contributed by atoms with Gasteiger partial charge in [0.05, 0.1) is 13.0 Å². The van der Waals surface area contributed by atoms with Crippen molar-refractivity contribution >= 4 is 0 Å². The molecule has 0 fully saturated rings. The number of hydrogen-bond donors (Lipinski definition) is 1. The Bertz CT molecular complexity index is 552. The molecule has 0 aliphatic rings. The Kier molecular flexibility index (Phi) is 3.90. The molecule has 2 rings (SSSR count). The maximum Gasteiger partial charge on any atom is 0.124 e. The number of benzene rings is 1. The summed E-state index contributed by atoms with van der Waals surface area (Å²) in [5, 5.41) is 0. The van der Waals surface area contributed by atoms with Gasteiger partial charge in [-0.15, -0.1) is 0 Å². The van der Waals surface area contributed by atoms with Gasteiger partial charge in [0.15, 0.2) is 0 Å². The predicted octanol–water partition coefficient (Wildman–Crippen LogP) is 2.14. The summed E-state index contributed by atoms with van der Waals surface area (Å²) in [6, 6.07) is 4.27. The summed E-state index contributed by atoms with van der Waals surface area (Å²) in [6.07, 6.45) is 3.75. The lowest BCUT2D eigenvalue weighted by molar-refractivity contribution is 0.408. The normalized spacial score (nSPS) is 12.5. The van der Waals surface area contributed by atoms with E-state index in [1.165, 1.54) is 5.56 Å². The molecule has 0 saturated heterocycles. The average molecular weight is 259 g/mol. The summed E-state index contributed by atoms with van der Waals surface area (Å²) in [6.45, 7) is 4.65. The van der Waals surface area contributed by atoms with Crippen LogP contribution >= 0.6 is 0 Å². The van der Waals surface area contributed by atoms with Gasteiger partial charge < -0.3 is 15.0 Å². The molecule has 1 heterocycles. The summed E-state index contributed by atoms with van der Waals surface area (Å²) in [5.41, 5.74) is 9.40. The van der Waals surface area contributed by atoms with Crippen LogP contribution in [0, 0.1) is 13.8 Å². The molecule has 19 heavy (non-hydrogen) atoms. The highest BCUT2D eigenvalue weighted by Crippen LogP contribution is 2.30. The van der Waals surface area contributed by atoms with Crippen LogP contribution in [0.25, 0.3) is 0 Å². The quantitative estimate of drug-likeness (QED) is 0.915. The van der Waals surface area contributed by atoms with Crippen LogP contribution in [0.2, 0.25) is 0 Å². The Balaban J connectivity index is 2.48. The fraction of sp³-hybridized carbons (Fsp3) is 0.400. The number of methoxy groups -OCH3 is 1. The van der Waals surface area contributed by atoms with Crippen molar-refractivity contribution in [3.63, 3.8) is 0 Å². The first-order valence-corrected chi connectivity index (χ1v) is 6.41. The van der Waals surface area contributed by atoms with Gasteiger partial charge in [0.25, 0.3) is 0 Å². The fourth-order valence-electron chi connectivity index (χ4n) is 2.61. The minimum atomic E-state index is 0.114. The van der Waals surface area contributed by atoms with E-state index in [4.69, 9.17) is 10.5 Å². The van der Waals surface area contributed by atoms with Crippen molar-refractivity contribution < 1.29 is 4.74 Å². The topological polar surface area (TPSA) is 53.1 Å². The zero-order valence-electron chi connectivity index (χ0n) is 12.0. The number of hydrogen-bond acceptors (Lipinski definition) is 3. The molecule has 0 spiro atoms. The molecular weight excluding hydrogens is 238 g/mol. The van der Waals surface area contributed by atoms with Crippen molar-refractivity contribution in [2.75, 3.05) is 13.7 Å². The predicted molar refractivity (Wildman–Crippen MR) is 76.6 cm³/mol. The first-order valence-electron chi connectivity index (χ1n) is 6.41. The smallest absolute Gasteiger partial charge is 0.124 e. The third-order valence-corrected chi connectivity index (χ3v) is 3.49. The van der Waals surface area contributed by atoms with Crippen molar-refractivity contribution in [2.24, 2.45) is 12.8 Å². The Hall–Kier alpha value is -1.81. The van der Waals surface area contributed by atoms with Crippen molar-refractivity contribution in [1.29, 1.82) is 0 Å². The molecule has 0 saturated carbocycles. The molecular formula is C15H21N3O. The van der Waals surface area contributed by atoms with E-state index in [1.54, 1.807) is 13.3 Å². The van der Waals surface area contributed by atoms with E-state index in [0.717, 1.165) is 22.7 Å². The SMILES string of the molecule is COc1c(C)cc(C(CN)c2nccn2C)cc1C. The third kappa shape index (κ3) is 2.49. The second-order valence-electron chi connectivity index (χ2n) is 4.87. The number of aromatic nitrogens is 2. The van der Waals surface area contributed by atoms with Crippen LogP contribution in [0.5, 0.6) is 5.75 Å². The lowest BCUT2D eigenvalue weighted by atomic mass is 9.94. The number of aryl methyl sites for hydroxylation is 3. The summed E-state index contributed by atoms with van der Waals surface area (Å²) in [5.74, 6) is 2.05. The molecule has 1 aromatic heterocycles. The minimum absolute atomic E-state index is 0.114. The molecule has 0 aliphatic carbocycles. The van der Waals surface area contributed by atoms with Gasteiger partial charge in [-0.1, -0.05) is 12.1 Å². The van der Waals surface area contributed by atoms with Crippen molar-refractivity contribution in [3.8, 4) is 5.75 Å². The first-order chi connectivity index (χ1) is 9.08. The minimum Gasteiger partial charge on any atom is -0.496 e. The summed E-state index contributed by atoms with van der Waals surface area (Å²) in [7, 11) is 3.70. The van der Waals surface area contributed by atoms with Crippen LogP contribution in [0.15, 0.2) is 24.5 Å². The van der Waals surface area contributed by atoms with E-state index >= 15 is 0 Å². The maximum atomic E-state index is 5.95. The summed E-state index contributed by atoms with van der Waals surface area (Å²) in [4.78, 5) is 4.42. The molecule has 1 atom stereocenters. The van der Waals surface area contributed by atoms with Gasteiger partial charge in [0.1, 0.15) is 11.6 Å². The van der Waals surface area contributed by atoms with Crippen molar-refractivity contribution in [1.82, 2.24) is 9.55 Å². The molecule has 4 heteroatoms. The van der Waals surface area contributed by atoms with E-state index in [-0.39, 0.29) is 5.92 Å². The molecule has 4 nitrogen and oxygen atoms in total. The van der Waals surface area contributed by atoms with E-state index in [0.29, 0.717) is 6.54 Å². The van der Waals surface area contributed by atoms with Gasteiger partial charge in [0, 0.05) is 26.0 Å². The number of ether oxygens (including phenoxy) is 1. The molecule has 0 amide bonds. The van der Waals surface area contributed by atoms with Crippen LogP contribution < -0.4 is 10.5 Å². The molecule has 1 aromatic carbocycles. The highest BCUT2D eigenvalue weighted by Gasteiger charge is 2.18. The Morgan fingerprint density at radius 3 is 2.37 bits per heavy atom. The number of rotatable bonds is 4. The zero-order chi connectivity index (χ0) is 14.0. The average Bonchev–Trinajstić information content (AvgIpc) is 2.77. The van der Waals surface area contributed by atoms with Gasteiger partial charge >= 0.3 is 0 Å². The highest BCUT2D eigenvalue weighted by atomic mass is 16.5. The Morgan fingerprint density at radius 2 is 1.95 bits per heavy atom. The van der Waals surface area contributed by atoms with E-state index < -0.39 is 0 Å². The summed E-state index contributed by atoms with van der Waals surface area (Å²) < 4.78 is 7.43. The first kappa shape index (κ1) is 13.6. The Labute approximate surface area is 114 Å². The van der Waals surface area contributed by atoms with Crippen LogP contribution in [-0.4, -0.2) is 23.2 Å². The van der Waals surface area contributed by atoms with Crippen LogP contribution in [-0.2, 0) is 7.05 Å².